The summed E-state index contributed by atoms with van der Waals surface area (Å²) in [4.78, 5) is 0.531. The van der Waals surface area contributed by atoms with Crippen molar-refractivity contribution in [3.05, 3.63) is 48.6 Å². The molecule has 1 aromatic carbocycles. The predicted molar refractivity (Wildman–Crippen MR) is 68.6 cm³/mol. The molecule has 1 unspecified atom stereocenters. The summed E-state index contributed by atoms with van der Waals surface area (Å²) >= 11 is 6.73. The van der Waals surface area contributed by atoms with Crippen LogP contribution in [0.4, 0.5) is 0 Å². The number of thiocarbonyl (C=S) groups is 1. The molecule has 0 spiro atoms. The van der Waals surface area contributed by atoms with Gasteiger partial charge in [-0.2, -0.15) is 0 Å². The van der Waals surface area contributed by atoms with Crippen LogP contribution in [0.15, 0.2) is 43.0 Å². The van der Waals surface area contributed by atoms with Crippen molar-refractivity contribution in [3.63, 3.8) is 0 Å². The first-order chi connectivity index (χ1) is 6.75. The van der Waals surface area contributed by atoms with E-state index in [-0.39, 0.29) is 5.25 Å². The molecule has 2 N–H and O–H groups in total. The summed E-state index contributed by atoms with van der Waals surface area (Å²) in [6, 6.07) is 10.1. The van der Waals surface area contributed by atoms with E-state index in [1.807, 2.05) is 36.4 Å². The van der Waals surface area contributed by atoms with Gasteiger partial charge < -0.3 is 5.73 Å². The monoisotopic (exact) mass is 223 g/mol. The van der Waals surface area contributed by atoms with Gasteiger partial charge in [-0.1, -0.05) is 48.6 Å². The number of nitrogens with two attached hydrogens (primary N) is 1. The van der Waals surface area contributed by atoms with Gasteiger partial charge in [0, 0.05) is 5.75 Å². The third-order valence-corrected chi connectivity index (χ3v) is 3.41. The number of thioether (sulfide) groups is 1. The Labute approximate surface area is 94.4 Å². The van der Waals surface area contributed by atoms with E-state index < -0.39 is 0 Å². The molecule has 0 aromatic heterocycles. The zero-order valence-corrected chi connectivity index (χ0v) is 9.48. The molecular weight excluding hydrogens is 210 g/mol. The number of hydrogen-bond acceptors (Lipinski definition) is 2. The zero-order valence-electron chi connectivity index (χ0n) is 7.85. The Hall–Kier alpha value is -0.800. The minimum Gasteiger partial charge on any atom is -0.392 e. The molecular formula is C11H13NS2. The molecule has 0 fully saturated rings. The van der Waals surface area contributed by atoms with Crippen molar-refractivity contribution in [2.45, 2.75) is 5.25 Å². The molecule has 1 atom stereocenters. The van der Waals surface area contributed by atoms with E-state index in [4.69, 9.17) is 18.0 Å². The van der Waals surface area contributed by atoms with Gasteiger partial charge in [-0.15, -0.1) is 18.3 Å². The molecule has 14 heavy (non-hydrogen) atoms. The van der Waals surface area contributed by atoms with Crippen LogP contribution in [-0.4, -0.2) is 10.7 Å². The maximum atomic E-state index is 5.69. The fourth-order valence-corrected chi connectivity index (χ4v) is 2.32. The van der Waals surface area contributed by atoms with Crippen LogP contribution in [0, 0.1) is 0 Å². The summed E-state index contributed by atoms with van der Waals surface area (Å²) in [6.07, 6.45) is 1.86. The van der Waals surface area contributed by atoms with E-state index in [1.165, 1.54) is 0 Å². The molecule has 0 aliphatic rings. The molecule has 1 nitrogen and oxygen atoms in total. The highest BCUT2D eigenvalue weighted by molar-refractivity contribution is 8.01. The third kappa shape index (κ3) is 3.16. The van der Waals surface area contributed by atoms with Crippen molar-refractivity contribution in [2.24, 2.45) is 5.73 Å². The van der Waals surface area contributed by atoms with Crippen molar-refractivity contribution in [3.8, 4) is 0 Å². The van der Waals surface area contributed by atoms with E-state index in [9.17, 15) is 0 Å². The van der Waals surface area contributed by atoms with Crippen molar-refractivity contribution in [1.29, 1.82) is 0 Å². The second-order valence-electron chi connectivity index (χ2n) is 2.82. The van der Waals surface area contributed by atoms with Gasteiger partial charge in [0.05, 0.1) is 10.2 Å². The predicted octanol–water partition coefficient (Wildman–Crippen LogP) is 2.93. The van der Waals surface area contributed by atoms with Crippen LogP contribution in [0.1, 0.15) is 10.8 Å². The van der Waals surface area contributed by atoms with Crippen LogP contribution < -0.4 is 5.73 Å². The fraction of sp³-hybridized carbons (Fsp3) is 0.182. The molecule has 1 aromatic rings. The molecule has 0 saturated carbocycles. The largest absolute Gasteiger partial charge is 0.392 e. The molecule has 3 heteroatoms. The third-order valence-electron chi connectivity index (χ3n) is 1.74. The van der Waals surface area contributed by atoms with Gasteiger partial charge in [-0.25, -0.2) is 0 Å². The Balaban J connectivity index is 2.78. The first-order valence-corrected chi connectivity index (χ1v) is 5.78. The lowest BCUT2D eigenvalue weighted by molar-refractivity contribution is 1.29. The standard InChI is InChI=1S/C11H13NS2/c1-2-8-14-10(11(12)13)9-6-4-3-5-7-9/h2-7,10H,1,8H2,(H2,12,13). The zero-order chi connectivity index (χ0) is 10.4. The minimum atomic E-state index is 0.101. The van der Waals surface area contributed by atoms with Crippen molar-refractivity contribution < 1.29 is 0 Å². The summed E-state index contributed by atoms with van der Waals surface area (Å²) in [5.41, 5.74) is 6.84. The molecule has 0 bridgehead atoms. The van der Waals surface area contributed by atoms with Gasteiger partial charge in [-0.3, -0.25) is 0 Å². The summed E-state index contributed by atoms with van der Waals surface area (Å²) in [5.74, 6) is 0.858. The quantitative estimate of drug-likeness (QED) is 0.614. The fourth-order valence-electron chi connectivity index (χ4n) is 1.13. The van der Waals surface area contributed by atoms with Crippen LogP contribution in [0.25, 0.3) is 0 Å². The second kappa shape index (κ2) is 5.83. The lowest BCUT2D eigenvalue weighted by Crippen LogP contribution is -2.16. The van der Waals surface area contributed by atoms with E-state index >= 15 is 0 Å². The highest BCUT2D eigenvalue weighted by Crippen LogP contribution is 2.28. The maximum Gasteiger partial charge on any atom is 0.0904 e. The van der Waals surface area contributed by atoms with E-state index in [2.05, 4.69) is 6.58 Å². The average molecular weight is 223 g/mol. The van der Waals surface area contributed by atoms with Crippen LogP contribution in [0.2, 0.25) is 0 Å². The molecule has 0 aliphatic carbocycles. The first kappa shape index (κ1) is 11.3. The topological polar surface area (TPSA) is 26.0 Å². The van der Waals surface area contributed by atoms with Crippen LogP contribution >= 0.6 is 24.0 Å². The van der Waals surface area contributed by atoms with Crippen molar-refractivity contribution in [2.75, 3.05) is 5.75 Å². The van der Waals surface area contributed by atoms with Crippen LogP contribution in [0.5, 0.6) is 0 Å². The SMILES string of the molecule is C=CCSC(C(N)=S)c1ccccc1. The lowest BCUT2D eigenvalue weighted by Gasteiger charge is -2.14. The molecule has 74 valence electrons. The second-order valence-corrected chi connectivity index (χ2v) is 4.42. The smallest absolute Gasteiger partial charge is 0.0904 e. The van der Waals surface area contributed by atoms with E-state index in [1.54, 1.807) is 11.8 Å². The Morgan fingerprint density at radius 1 is 1.50 bits per heavy atom. The lowest BCUT2D eigenvalue weighted by atomic mass is 10.1. The van der Waals surface area contributed by atoms with E-state index in [0.717, 1.165) is 11.3 Å². The molecule has 0 heterocycles. The normalized spacial score (nSPS) is 12.0. The van der Waals surface area contributed by atoms with Gasteiger partial charge >= 0.3 is 0 Å². The molecule has 1 rings (SSSR count). The first-order valence-electron chi connectivity index (χ1n) is 4.32. The van der Waals surface area contributed by atoms with Gasteiger partial charge in [0.2, 0.25) is 0 Å². The Morgan fingerprint density at radius 3 is 2.64 bits per heavy atom. The molecule has 0 saturated heterocycles. The Bertz CT molecular complexity index is 308. The highest BCUT2D eigenvalue weighted by Gasteiger charge is 2.13. The average Bonchev–Trinajstić information content (AvgIpc) is 2.19. The van der Waals surface area contributed by atoms with Gasteiger partial charge in [0.25, 0.3) is 0 Å². The summed E-state index contributed by atoms with van der Waals surface area (Å²) in [7, 11) is 0. The summed E-state index contributed by atoms with van der Waals surface area (Å²) < 4.78 is 0. The van der Waals surface area contributed by atoms with Gasteiger partial charge in [0.1, 0.15) is 0 Å². The van der Waals surface area contributed by atoms with Crippen molar-refractivity contribution in [1.82, 2.24) is 0 Å². The minimum absolute atomic E-state index is 0.101. The van der Waals surface area contributed by atoms with E-state index in [0.29, 0.717) is 4.99 Å². The number of benzene rings is 1. The summed E-state index contributed by atoms with van der Waals surface area (Å²) in [5, 5.41) is 0.101. The highest BCUT2D eigenvalue weighted by atomic mass is 32.2. The Kier molecular flexibility index (Phi) is 4.70. The molecule has 0 amide bonds. The summed E-state index contributed by atoms with van der Waals surface area (Å²) in [6.45, 7) is 3.68. The molecule has 0 aliphatic heterocycles. The molecule has 0 radical (unpaired) electrons. The number of hydrogen-bond donors (Lipinski definition) is 1. The Morgan fingerprint density at radius 2 is 2.14 bits per heavy atom. The number of rotatable bonds is 5. The van der Waals surface area contributed by atoms with Crippen LogP contribution in [-0.2, 0) is 0 Å². The van der Waals surface area contributed by atoms with Gasteiger partial charge in [-0.05, 0) is 5.56 Å². The maximum absolute atomic E-state index is 5.69. The van der Waals surface area contributed by atoms with Crippen molar-refractivity contribution >= 4 is 29.0 Å². The van der Waals surface area contributed by atoms with Crippen LogP contribution in [0.3, 0.4) is 0 Å². The van der Waals surface area contributed by atoms with Gasteiger partial charge in [0.15, 0.2) is 0 Å².